The fourth-order valence-corrected chi connectivity index (χ4v) is 3.28. The van der Waals surface area contributed by atoms with Crippen molar-refractivity contribution in [2.75, 3.05) is 13.2 Å². The second-order valence-corrected chi connectivity index (χ2v) is 6.82. The zero-order valence-corrected chi connectivity index (χ0v) is 16.0. The van der Waals surface area contributed by atoms with Gasteiger partial charge in [0.05, 0.1) is 17.8 Å². The first kappa shape index (κ1) is 18.9. The molecular formula is C22H23N5O2. The van der Waals surface area contributed by atoms with Gasteiger partial charge in [-0.25, -0.2) is 4.98 Å². The molecule has 2 N–H and O–H groups in total. The summed E-state index contributed by atoms with van der Waals surface area (Å²) >= 11 is 0. The number of imidazole rings is 1. The Morgan fingerprint density at radius 2 is 1.97 bits per heavy atom. The van der Waals surface area contributed by atoms with Crippen LogP contribution in [-0.2, 0) is 6.54 Å². The summed E-state index contributed by atoms with van der Waals surface area (Å²) in [7, 11) is 0. The molecule has 0 aliphatic heterocycles. The predicted molar refractivity (Wildman–Crippen MR) is 111 cm³/mol. The second kappa shape index (κ2) is 8.70. The average Bonchev–Trinajstić information content (AvgIpc) is 3.36. The molecule has 1 amide bonds. The molecule has 29 heavy (non-hydrogen) atoms. The first-order chi connectivity index (χ1) is 14.3. The van der Waals surface area contributed by atoms with Crippen LogP contribution in [0.25, 0.3) is 16.9 Å². The molecular weight excluding hydrogens is 366 g/mol. The Kier molecular flexibility index (Phi) is 5.67. The average molecular weight is 389 g/mol. The molecule has 7 nitrogen and oxygen atoms in total. The van der Waals surface area contributed by atoms with E-state index in [2.05, 4.69) is 19.9 Å². The number of pyridine rings is 2. The minimum atomic E-state index is -0.203. The topological polar surface area (TPSA) is 84.5 Å². The standard InChI is InChI=1S/C22H23N5O2/c28-14-6-4-11-24-22(29)20-19-8-2-5-12-27(19)21(25-20)17-9-13-26(15-17)16-18-7-1-3-10-23-18/h1-3,5,7-10,12-13,15,28H,4,6,11,14,16H2,(H,24,29). The fourth-order valence-electron chi connectivity index (χ4n) is 3.28. The Morgan fingerprint density at radius 1 is 1.07 bits per heavy atom. The van der Waals surface area contributed by atoms with E-state index in [0.717, 1.165) is 29.0 Å². The van der Waals surface area contributed by atoms with Crippen molar-refractivity contribution in [1.29, 1.82) is 0 Å². The number of aliphatic hydroxyl groups is 1. The zero-order valence-electron chi connectivity index (χ0n) is 16.0. The number of nitrogens with zero attached hydrogens (tertiary/aromatic N) is 4. The Morgan fingerprint density at radius 3 is 2.79 bits per heavy atom. The molecule has 0 unspecified atom stereocenters. The molecule has 0 aliphatic carbocycles. The number of fused-ring (bicyclic) bond motifs is 1. The summed E-state index contributed by atoms with van der Waals surface area (Å²) in [6, 6.07) is 13.6. The van der Waals surface area contributed by atoms with E-state index in [0.29, 0.717) is 25.2 Å². The number of nitrogens with one attached hydrogen (secondary N) is 1. The van der Waals surface area contributed by atoms with Crippen LogP contribution in [0.5, 0.6) is 0 Å². The van der Waals surface area contributed by atoms with Gasteiger partial charge in [-0.2, -0.15) is 0 Å². The van der Waals surface area contributed by atoms with Crippen molar-refractivity contribution >= 4 is 11.4 Å². The van der Waals surface area contributed by atoms with Crippen molar-refractivity contribution < 1.29 is 9.90 Å². The number of carbonyl (C=O) groups is 1. The molecule has 148 valence electrons. The molecule has 0 aromatic carbocycles. The van der Waals surface area contributed by atoms with Crippen LogP contribution in [0.3, 0.4) is 0 Å². The Hall–Kier alpha value is -3.45. The number of unbranched alkanes of at least 4 members (excludes halogenated alkanes) is 1. The predicted octanol–water partition coefficient (Wildman–Crippen LogP) is 2.75. The van der Waals surface area contributed by atoms with Crippen LogP contribution in [0.15, 0.2) is 67.3 Å². The molecule has 0 saturated carbocycles. The van der Waals surface area contributed by atoms with Gasteiger partial charge in [-0.3, -0.25) is 14.2 Å². The van der Waals surface area contributed by atoms with Crippen LogP contribution in [0.2, 0.25) is 0 Å². The molecule has 0 saturated heterocycles. The van der Waals surface area contributed by atoms with E-state index in [-0.39, 0.29) is 12.5 Å². The van der Waals surface area contributed by atoms with Crippen LogP contribution < -0.4 is 5.32 Å². The van der Waals surface area contributed by atoms with Gasteiger partial charge in [0.1, 0.15) is 5.82 Å². The van der Waals surface area contributed by atoms with E-state index in [9.17, 15) is 4.79 Å². The van der Waals surface area contributed by atoms with E-state index >= 15 is 0 Å². The highest BCUT2D eigenvalue weighted by Gasteiger charge is 2.18. The Balaban J connectivity index is 1.60. The quantitative estimate of drug-likeness (QED) is 0.454. The monoisotopic (exact) mass is 389 g/mol. The molecule has 0 spiro atoms. The second-order valence-electron chi connectivity index (χ2n) is 6.82. The van der Waals surface area contributed by atoms with Crippen molar-refractivity contribution in [2.24, 2.45) is 0 Å². The summed E-state index contributed by atoms with van der Waals surface area (Å²) in [5, 5.41) is 11.8. The molecule has 4 heterocycles. The normalized spacial score (nSPS) is 11.1. The molecule has 4 aromatic heterocycles. The lowest BCUT2D eigenvalue weighted by molar-refractivity contribution is 0.0949. The maximum atomic E-state index is 12.6. The van der Waals surface area contributed by atoms with E-state index in [1.54, 1.807) is 6.20 Å². The van der Waals surface area contributed by atoms with Gasteiger partial charge in [0, 0.05) is 43.5 Å². The minimum absolute atomic E-state index is 0.128. The number of aliphatic hydroxyl groups excluding tert-OH is 1. The Bertz CT molecular complexity index is 1100. The van der Waals surface area contributed by atoms with Gasteiger partial charge in [0.25, 0.3) is 5.91 Å². The van der Waals surface area contributed by atoms with Crippen LogP contribution >= 0.6 is 0 Å². The molecule has 0 fully saturated rings. The summed E-state index contributed by atoms with van der Waals surface area (Å²) in [6.07, 6.45) is 9.10. The van der Waals surface area contributed by atoms with Crippen molar-refractivity contribution in [3.05, 3.63) is 78.6 Å². The number of rotatable bonds is 8. The van der Waals surface area contributed by atoms with E-state index in [1.165, 1.54) is 0 Å². The summed E-state index contributed by atoms with van der Waals surface area (Å²) in [6.45, 7) is 1.31. The van der Waals surface area contributed by atoms with Gasteiger partial charge in [-0.15, -0.1) is 0 Å². The van der Waals surface area contributed by atoms with Gasteiger partial charge in [0.2, 0.25) is 0 Å². The molecule has 0 bridgehead atoms. The van der Waals surface area contributed by atoms with Crippen molar-refractivity contribution in [1.82, 2.24) is 24.3 Å². The van der Waals surface area contributed by atoms with Crippen LogP contribution in [-0.4, -0.2) is 43.1 Å². The highest BCUT2D eigenvalue weighted by Crippen LogP contribution is 2.23. The van der Waals surface area contributed by atoms with Crippen molar-refractivity contribution in [3.63, 3.8) is 0 Å². The lowest BCUT2D eigenvalue weighted by atomic mass is 10.3. The van der Waals surface area contributed by atoms with Crippen LogP contribution in [0.1, 0.15) is 29.0 Å². The van der Waals surface area contributed by atoms with Crippen molar-refractivity contribution in [3.8, 4) is 11.4 Å². The van der Waals surface area contributed by atoms with Gasteiger partial charge in [0.15, 0.2) is 5.69 Å². The third kappa shape index (κ3) is 4.20. The molecule has 4 rings (SSSR count). The highest BCUT2D eigenvalue weighted by atomic mass is 16.3. The first-order valence-corrected chi connectivity index (χ1v) is 9.68. The molecule has 7 heteroatoms. The first-order valence-electron chi connectivity index (χ1n) is 9.68. The maximum Gasteiger partial charge on any atom is 0.272 e. The van der Waals surface area contributed by atoms with Crippen LogP contribution in [0.4, 0.5) is 0 Å². The highest BCUT2D eigenvalue weighted by molar-refractivity contribution is 6.00. The van der Waals surface area contributed by atoms with Gasteiger partial charge in [-0.1, -0.05) is 12.1 Å². The summed E-state index contributed by atoms with van der Waals surface area (Å²) < 4.78 is 3.99. The molecule has 0 aliphatic rings. The number of carbonyl (C=O) groups excluding carboxylic acids is 1. The van der Waals surface area contributed by atoms with Gasteiger partial charge < -0.3 is 15.0 Å². The van der Waals surface area contributed by atoms with E-state index in [4.69, 9.17) is 5.11 Å². The van der Waals surface area contributed by atoms with E-state index < -0.39 is 0 Å². The van der Waals surface area contributed by atoms with Crippen molar-refractivity contribution in [2.45, 2.75) is 19.4 Å². The summed E-state index contributed by atoms with van der Waals surface area (Å²) in [5.41, 5.74) is 3.08. The molecule has 0 atom stereocenters. The molecule has 4 aromatic rings. The number of hydrogen-bond acceptors (Lipinski definition) is 4. The minimum Gasteiger partial charge on any atom is -0.396 e. The Labute approximate surface area is 168 Å². The number of amides is 1. The van der Waals surface area contributed by atoms with E-state index in [1.807, 2.05) is 65.5 Å². The van der Waals surface area contributed by atoms with Gasteiger partial charge in [-0.05, 0) is 43.2 Å². The SMILES string of the molecule is O=C(NCCCCO)c1nc(-c2ccn(Cc3ccccn3)c2)n2ccccc12. The lowest BCUT2D eigenvalue weighted by Gasteiger charge is -2.02. The third-order valence-corrected chi connectivity index (χ3v) is 4.71. The summed E-state index contributed by atoms with van der Waals surface area (Å²) in [5.74, 6) is 0.520. The zero-order chi connectivity index (χ0) is 20.1. The largest absolute Gasteiger partial charge is 0.396 e. The summed E-state index contributed by atoms with van der Waals surface area (Å²) in [4.78, 5) is 21.7. The third-order valence-electron chi connectivity index (χ3n) is 4.71. The number of aromatic nitrogens is 4. The lowest BCUT2D eigenvalue weighted by Crippen LogP contribution is -2.25. The maximum absolute atomic E-state index is 12.6. The van der Waals surface area contributed by atoms with Crippen LogP contribution in [0, 0.1) is 0 Å². The fraction of sp³-hybridized carbons (Fsp3) is 0.227. The smallest absolute Gasteiger partial charge is 0.272 e. The molecule has 0 radical (unpaired) electrons. The van der Waals surface area contributed by atoms with Gasteiger partial charge >= 0.3 is 0 Å². The number of hydrogen-bond donors (Lipinski definition) is 2.